The monoisotopic (exact) mass is 130 g/mol. The molecule has 0 rings (SSSR count). The molecule has 0 saturated carbocycles. The second-order valence-corrected chi connectivity index (χ2v) is 1.53. The molecule has 52 valence electrons. The quantitative estimate of drug-likeness (QED) is 0.446. The smallest absolute Gasteiger partial charge is 0.303 e. The maximum atomic E-state index is 9.88. The van der Waals surface area contributed by atoms with Crippen LogP contribution in [0, 0.1) is 0 Å². The van der Waals surface area contributed by atoms with Crippen LogP contribution in [0.5, 0.6) is 0 Å². The average molecular weight is 130 g/mol. The van der Waals surface area contributed by atoms with Gasteiger partial charge in [0.1, 0.15) is 0 Å². The fourth-order valence-corrected chi connectivity index (χ4v) is 0.390. The van der Waals surface area contributed by atoms with Crippen LogP contribution < -0.4 is 0 Å². The molecule has 0 amide bonds. The van der Waals surface area contributed by atoms with Gasteiger partial charge in [-0.1, -0.05) is 6.58 Å². The van der Waals surface area contributed by atoms with E-state index in [0.29, 0.717) is 13.0 Å². The van der Waals surface area contributed by atoms with Gasteiger partial charge in [-0.2, -0.15) is 0 Å². The molecule has 0 aromatic carbocycles. The molecule has 0 aliphatic rings. The zero-order valence-electron chi connectivity index (χ0n) is 5.17. The predicted octanol–water partition coefficient (Wildman–Crippen LogP) is 1.01. The van der Waals surface area contributed by atoms with E-state index in [0.717, 1.165) is 0 Å². The SMILES string of the molecule is C=COCCCC(=O)O. The highest BCUT2D eigenvalue weighted by molar-refractivity contribution is 5.66. The minimum absolute atomic E-state index is 0.161. The van der Waals surface area contributed by atoms with Crippen molar-refractivity contribution in [2.75, 3.05) is 6.61 Å². The Bertz CT molecular complexity index is 98.5. The Morgan fingerprint density at radius 1 is 1.78 bits per heavy atom. The van der Waals surface area contributed by atoms with Gasteiger partial charge >= 0.3 is 5.97 Å². The molecule has 3 nitrogen and oxygen atoms in total. The second-order valence-electron chi connectivity index (χ2n) is 1.53. The molecular formula is C6H10O3. The van der Waals surface area contributed by atoms with Crippen molar-refractivity contribution in [2.24, 2.45) is 0 Å². The zero-order valence-corrected chi connectivity index (χ0v) is 5.17. The molecule has 0 bridgehead atoms. The Kier molecular flexibility index (Phi) is 4.59. The van der Waals surface area contributed by atoms with Gasteiger partial charge in [0.2, 0.25) is 0 Å². The van der Waals surface area contributed by atoms with Crippen LogP contribution in [0.2, 0.25) is 0 Å². The Balaban J connectivity index is 2.91. The summed E-state index contributed by atoms with van der Waals surface area (Å²) in [6.45, 7) is 3.75. The van der Waals surface area contributed by atoms with Crippen molar-refractivity contribution >= 4 is 5.97 Å². The summed E-state index contributed by atoms with van der Waals surface area (Å²) in [6.07, 6.45) is 2.01. The summed E-state index contributed by atoms with van der Waals surface area (Å²) in [6, 6.07) is 0. The molecule has 0 aromatic rings. The van der Waals surface area contributed by atoms with E-state index in [-0.39, 0.29) is 6.42 Å². The lowest BCUT2D eigenvalue weighted by Gasteiger charge is -1.95. The highest BCUT2D eigenvalue weighted by atomic mass is 16.5. The van der Waals surface area contributed by atoms with Gasteiger partial charge in [0.15, 0.2) is 0 Å². The number of carboxylic acid groups (broad SMARTS) is 1. The standard InChI is InChI=1S/C6H10O3/c1-2-9-5-3-4-6(7)8/h2H,1,3-5H2,(H,7,8). The predicted molar refractivity (Wildman–Crippen MR) is 33.0 cm³/mol. The van der Waals surface area contributed by atoms with E-state index in [4.69, 9.17) is 5.11 Å². The molecule has 0 spiro atoms. The minimum atomic E-state index is -0.789. The number of hydrogen-bond acceptors (Lipinski definition) is 2. The molecule has 0 atom stereocenters. The van der Waals surface area contributed by atoms with Gasteiger partial charge in [-0.25, -0.2) is 0 Å². The number of ether oxygens (including phenoxy) is 1. The first-order valence-electron chi connectivity index (χ1n) is 2.71. The average Bonchev–Trinajstić information content (AvgIpc) is 1.80. The molecule has 0 heterocycles. The van der Waals surface area contributed by atoms with E-state index in [1.807, 2.05) is 0 Å². The first kappa shape index (κ1) is 8.01. The van der Waals surface area contributed by atoms with Crippen molar-refractivity contribution in [3.8, 4) is 0 Å². The molecule has 9 heavy (non-hydrogen) atoms. The maximum absolute atomic E-state index is 9.88. The highest BCUT2D eigenvalue weighted by Gasteiger charge is 1.93. The fraction of sp³-hybridized carbons (Fsp3) is 0.500. The lowest BCUT2D eigenvalue weighted by atomic mass is 10.3. The van der Waals surface area contributed by atoms with Gasteiger partial charge in [-0.15, -0.1) is 0 Å². The van der Waals surface area contributed by atoms with Gasteiger partial charge in [0, 0.05) is 6.42 Å². The van der Waals surface area contributed by atoms with Crippen molar-refractivity contribution in [3.63, 3.8) is 0 Å². The molecule has 0 unspecified atom stereocenters. The largest absolute Gasteiger partial charge is 0.502 e. The Hall–Kier alpha value is -0.990. The molecule has 1 N–H and O–H groups in total. The van der Waals surface area contributed by atoms with Crippen molar-refractivity contribution < 1.29 is 14.6 Å². The van der Waals surface area contributed by atoms with E-state index in [9.17, 15) is 4.79 Å². The fourth-order valence-electron chi connectivity index (χ4n) is 0.390. The van der Waals surface area contributed by atoms with E-state index >= 15 is 0 Å². The number of carbonyl (C=O) groups is 1. The van der Waals surface area contributed by atoms with E-state index in [1.54, 1.807) is 0 Å². The summed E-state index contributed by atoms with van der Waals surface area (Å²) < 4.78 is 4.68. The maximum Gasteiger partial charge on any atom is 0.303 e. The van der Waals surface area contributed by atoms with Crippen LogP contribution in [-0.2, 0) is 9.53 Å². The normalized spacial score (nSPS) is 8.44. The van der Waals surface area contributed by atoms with Gasteiger partial charge in [0.25, 0.3) is 0 Å². The van der Waals surface area contributed by atoms with Gasteiger partial charge in [-0.05, 0) is 6.42 Å². The molecule has 0 aromatic heterocycles. The summed E-state index contributed by atoms with van der Waals surface area (Å²) >= 11 is 0. The van der Waals surface area contributed by atoms with Gasteiger partial charge < -0.3 is 9.84 Å². The van der Waals surface area contributed by atoms with Crippen LogP contribution in [-0.4, -0.2) is 17.7 Å². The van der Waals surface area contributed by atoms with Crippen LogP contribution in [0.15, 0.2) is 12.8 Å². The lowest BCUT2D eigenvalue weighted by molar-refractivity contribution is -0.137. The molecule has 0 aliphatic heterocycles. The van der Waals surface area contributed by atoms with Crippen LogP contribution >= 0.6 is 0 Å². The van der Waals surface area contributed by atoms with Crippen molar-refractivity contribution in [2.45, 2.75) is 12.8 Å². The molecule has 0 aliphatic carbocycles. The Labute approximate surface area is 53.9 Å². The molecule has 0 fully saturated rings. The van der Waals surface area contributed by atoms with E-state index < -0.39 is 5.97 Å². The van der Waals surface area contributed by atoms with Crippen LogP contribution in [0.4, 0.5) is 0 Å². The first-order valence-corrected chi connectivity index (χ1v) is 2.71. The van der Waals surface area contributed by atoms with Crippen LogP contribution in [0.1, 0.15) is 12.8 Å². The van der Waals surface area contributed by atoms with E-state index in [1.165, 1.54) is 6.26 Å². The lowest BCUT2D eigenvalue weighted by Crippen LogP contribution is -1.96. The van der Waals surface area contributed by atoms with Crippen LogP contribution in [0.3, 0.4) is 0 Å². The summed E-state index contributed by atoms with van der Waals surface area (Å²) in [5, 5.41) is 8.13. The number of rotatable bonds is 5. The molecular weight excluding hydrogens is 120 g/mol. The number of aliphatic carboxylic acids is 1. The van der Waals surface area contributed by atoms with Crippen molar-refractivity contribution in [1.82, 2.24) is 0 Å². The summed E-state index contributed by atoms with van der Waals surface area (Å²) in [4.78, 5) is 9.88. The van der Waals surface area contributed by atoms with Gasteiger partial charge in [0.05, 0.1) is 12.9 Å². The third-order valence-corrected chi connectivity index (χ3v) is 0.771. The third kappa shape index (κ3) is 7.01. The summed E-state index contributed by atoms with van der Waals surface area (Å²) in [5.74, 6) is -0.789. The summed E-state index contributed by atoms with van der Waals surface area (Å²) in [7, 11) is 0. The third-order valence-electron chi connectivity index (χ3n) is 0.771. The minimum Gasteiger partial charge on any atom is -0.502 e. The molecule has 0 radical (unpaired) electrons. The van der Waals surface area contributed by atoms with E-state index in [2.05, 4.69) is 11.3 Å². The highest BCUT2D eigenvalue weighted by Crippen LogP contribution is 1.88. The summed E-state index contributed by atoms with van der Waals surface area (Å²) in [5.41, 5.74) is 0. The number of carboxylic acids is 1. The zero-order chi connectivity index (χ0) is 7.11. The first-order chi connectivity index (χ1) is 4.27. The second kappa shape index (κ2) is 5.15. The van der Waals surface area contributed by atoms with Crippen molar-refractivity contribution in [1.29, 1.82) is 0 Å². The Morgan fingerprint density at radius 2 is 2.44 bits per heavy atom. The number of hydrogen-bond donors (Lipinski definition) is 1. The molecule has 0 saturated heterocycles. The molecule has 3 heteroatoms. The van der Waals surface area contributed by atoms with Crippen LogP contribution in [0.25, 0.3) is 0 Å². The van der Waals surface area contributed by atoms with Crippen molar-refractivity contribution in [3.05, 3.63) is 12.8 Å². The Morgan fingerprint density at radius 3 is 2.89 bits per heavy atom. The topological polar surface area (TPSA) is 46.5 Å². The van der Waals surface area contributed by atoms with Gasteiger partial charge in [-0.3, -0.25) is 4.79 Å².